The Morgan fingerprint density at radius 3 is 2.28 bits per heavy atom. The number of nitrogens with zero attached hydrogens (tertiary/aromatic N) is 1. The molecule has 98 valence electrons. The number of rotatable bonds is 4. The quantitative estimate of drug-likeness (QED) is 0.858. The Morgan fingerprint density at radius 2 is 1.83 bits per heavy atom. The summed E-state index contributed by atoms with van der Waals surface area (Å²) in [4.78, 5) is 0. The molecule has 18 heavy (non-hydrogen) atoms. The highest BCUT2D eigenvalue weighted by Crippen LogP contribution is 2.19. The number of hydrogen-bond donors (Lipinski definition) is 2. The van der Waals surface area contributed by atoms with Gasteiger partial charge < -0.3 is 10.4 Å². The van der Waals surface area contributed by atoms with E-state index in [1.165, 1.54) is 0 Å². The fourth-order valence-corrected chi connectivity index (χ4v) is 1.56. The van der Waals surface area contributed by atoms with E-state index < -0.39 is 0 Å². The van der Waals surface area contributed by atoms with Crippen LogP contribution in [0.1, 0.15) is 44.9 Å². The van der Waals surface area contributed by atoms with Crippen LogP contribution in [-0.2, 0) is 0 Å². The minimum atomic E-state index is -0.377. The third-order valence-corrected chi connectivity index (χ3v) is 3.16. The first kappa shape index (κ1) is 14.7. The van der Waals surface area contributed by atoms with Crippen LogP contribution in [0.4, 0.5) is 0 Å². The second-order valence-corrected chi connectivity index (χ2v) is 5.75. The third-order valence-electron chi connectivity index (χ3n) is 3.16. The average Bonchev–Trinajstić information content (AvgIpc) is 2.34. The number of aliphatic hydroxyl groups is 1. The van der Waals surface area contributed by atoms with E-state index in [1.807, 2.05) is 45.0 Å². The van der Waals surface area contributed by atoms with Crippen molar-refractivity contribution in [1.82, 2.24) is 5.32 Å². The molecule has 1 aromatic rings. The van der Waals surface area contributed by atoms with Gasteiger partial charge in [-0.05, 0) is 30.0 Å². The highest BCUT2D eigenvalue weighted by molar-refractivity contribution is 5.32. The zero-order valence-electron chi connectivity index (χ0n) is 11.6. The van der Waals surface area contributed by atoms with E-state index in [0.29, 0.717) is 12.1 Å². The highest BCUT2D eigenvalue weighted by Gasteiger charge is 2.22. The van der Waals surface area contributed by atoms with Gasteiger partial charge in [-0.15, -0.1) is 0 Å². The normalized spacial score (nSPS) is 14.9. The van der Waals surface area contributed by atoms with Crippen LogP contribution in [-0.4, -0.2) is 17.8 Å². The first-order valence-corrected chi connectivity index (χ1v) is 6.26. The third kappa shape index (κ3) is 4.14. The van der Waals surface area contributed by atoms with Crippen molar-refractivity contribution in [3.8, 4) is 6.07 Å². The molecule has 0 amide bonds. The second-order valence-electron chi connectivity index (χ2n) is 5.75. The predicted octanol–water partition coefficient (Wildman–Crippen LogP) is 2.62. The van der Waals surface area contributed by atoms with Gasteiger partial charge in [0.2, 0.25) is 0 Å². The average molecular weight is 246 g/mol. The second kappa shape index (κ2) is 5.99. The topological polar surface area (TPSA) is 56.0 Å². The summed E-state index contributed by atoms with van der Waals surface area (Å²) < 4.78 is 0. The van der Waals surface area contributed by atoms with E-state index in [1.54, 1.807) is 0 Å². The van der Waals surface area contributed by atoms with Crippen molar-refractivity contribution in [3.05, 3.63) is 35.4 Å². The van der Waals surface area contributed by atoms with Gasteiger partial charge >= 0.3 is 0 Å². The van der Waals surface area contributed by atoms with Crippen LogP contribution in [0.25, 0.3) is 0 Å². The zero-order valence-corrected chi connectivity index (χ0v) is 11.6. The molecule has 0 fully saturated rings. The molecule has 0 aromatic heterocycles. The first-order chi connectivity index (χ1) is 8.34. The van der Waals surface area contributed by atoms with Crippen molar-refractivity contribution in [3.63, 3.8) is 0 Å². The molecule has 0 aliphatic rings. The molecule has 0 saturated carbocycles. The molecule has 2 atom stereocenters. The summed E-state index contributed by atoms with van der Waals surface area (Å²) in [6, 6.07) is 9.78. The van der Waals surface area contributed by atoms with Gasteiger partial charge in [-0.25, -0.2) is 0 Å². The number of nitrogens with one attached hydrogen (secondary N) is 1. The summed E-state index contributed by atoms with van der Waals surface area (Å²) in [6.07, 6.45) is -0.377. The maximum Gasteiger partial charge on any atom is 0.0991 e. The lowest BCUT2D eigenvalue weighted by Gasteiger charge is -2.27. The summed E-state index contributed by atoms with van der Waals surface area (Å²) in [6.45, 7) is 8.67. The molecule has 0 aliphatic carbocycles. The van der Waals surface area contributed by atoms with E-state index in [4.69, 9.17) is 5.26 Å². The largest absolute Gasteiger partial charge is 0.391 e. The molecule has 0 bridgehead atoms. The van der Waals surface area contributed by atoms with Crippen molar-refractivity contribution >= 4 is 0 Å². The van der Waals surface area contributed by atoms with Crippen LogP contribution in [0.5, 0.6) is 0 Å². The summed E-state index contributed by atoms with van der Waals surface area (Å²) in [7, 11) is 0. The summed E-state index contributed by atoms with van der Waals surface area (Å²) in [5.41, 5.74) is 1.67. The molecular weight excluding hydrogens is 224 g/mol. The van der Waals surface area contributed by atoms with Crippen molar-refractivity contribution in [1.29, 1.82) is 5.26 Å². The summed E-state index contributed by atoms with van der Waals surface area (Å²) in [5.74, 6) is 0. The van der Waals surface area contributed by atoms with Gasteiger partial charge in [0, 0.05) is 12.6 Å². The van der Waals surface area contributed by atoms with Gasteiger partial charge in [-0.1, -0.05) is 32.9 Å². The molecule has 0 radical (unpaired) electrons. The summed E-state index contributed by atoms with van der Waals surface area (Å²) >= 11 is 0. The zero-order chi connectivity index (χ0) is 13.8. The van der Waals surface area contributed by atoms with Gasteiger partial charge in [0.1, 0.15) is 0 Å². The monoisotopic (exact) mass is 246 g/mol. The van der Waals surface area contributed by atoms with E-state index in [-0.39, 0.29) is 17.6 Å². The van der Waals surface area contributed by atoms with Crippen molar-refractivity contribution in [2.24, 2.45) is 5.41 Å². The maximum absolute atomic E-state index is 9.96. The molecule has 0 unspecified atom stereocenters. The summed E-state index contributed by atoms with van der Waals surface area (Å²) in [5, 5.41) is 22.0. The molecule has 0 spiro atoms. The number of hydrogen-bond acceptors (Lipinski definition) is 3. The van der Waals surface area contributed by atoms with Gasteiger partial charge in [-0.3, -0.25) is 0 Å². The highest BCUT2D eigenvalue weighted by atomic mass is 16.3. The molecular formula is C15H22N2O. The minimum absolute atomic E-state index is 0.114. The molecule has 0 aliphatic heterocycles. The fourth-order valence-electron chi connectivity index (χ4n) is 1.56. The van der Waals surface area contributed by atoms with E-state index >= 15 is 0 Å². The number of aliphatic hydroxyl groups excluding tert-OH is 1. The van der Waals surface area contributed by atoms with E-state index in [0.717, 1.165) is 5.56 Å². The molecule has 1 rings (SSSR count). The molecule has 0 saturated heterocycles. The smallest absolute Gasteiger partial charge is 0.0991 e. The molecule has 3 nitrogen and oxygen atoms in total. The van der Waals surface area contributed by atoms with Crippen LogP contribution in [0, 0.1) is 16.7 Å². The number of nitriles is 1. The lowest BCUT2D eigenvalue weighted by Crippen LogP contribution is -2.37. The van der Waals surface area contributed by atoms with E-state index in [2.05, 4.69) is 18.3 Å². The Kier molecular flexibility index (Phi) is 4.89. The van der Waals surface area contributed by atoms with E-state index in [9.17, 15) is 5.11 Å². The fraction of sp³-hybridized carbons (Fsp3) is 0.533. The Hall–Kier alpha value is -1.37. The maximum atomic E-state index is 9.96. The van der Waals surface area contributed by atoms with Gasteiger partial charge in [0.25, 0.3) is 0 Å². The molecule has 1 aromatic carbocycles. The Balaban J connectivity index is 2.55. The van der Waals surface area contributed by atoms with Crippen molar-refractivity contribution in [2.75, 3.05) is 6.54 Å². The van der Waals surface area contributed by atoms with Crippen LogP contribution in [0.3, 0.4) is 0 Å². The Morgan fingerprint density at radius 1 is 1.28 bits per heavy atom. The lowest BCUT2D eigenvalue weighted by molar-refractivity contribution is 0.0609. The standard InChI is InChI=1S/C15H22N2O/c1-11(17-10-14(18)15(2,3)4)13-7-5-12(9-16)6-8-13/h5-8,11,14,17-18H,10H2,1-4H3/t11-,14-/m1/s1. The number of benzene rings is 1. The SMILES string of the molecule is C[C@@H](NC[C@@H](O)C(C)(C)C)c1ccc(C#N)cc1. The first-order valence-electron chi connectivity index (χ1n) is 6.26. The van der Waals surface area contributed by atoms with Gasteiger partial charge in [0.15, 0.2) is 0 Å². The van der Waals surface area contributed by atoms with Gasteiger partial charge in [-0.2, -0.15) is 5.26 Å². The van der Waals surface area contributed by atoms with Crippen LogP contribution >= 0.6 is 0 Å². The van der Waals surface area contributed by atoms with Crippen molar-refractivity contribution < 1.29 is 5.11 Å². The lowest BCUT2D eigenvalue weighted by atomic mass is 9.89. The van der Waals surface area contributed by atoms with Crippen LogP contribution < -0.4 is 5.32 Å². The molecule has 3 heteroatoms. The Bertz CT molecular complexity index is 412. The predicted molar refractivity (Wildman–Crippen MR) is 73.0 cm³/mol. The molecule has 0 heterocycles. The minimum Gasteiger partial charge on any atom is -0.391 e. The molecule has 2 N–H and O–H groups in total. The van der Waals surface area contributed by atoms with Crippen LogP contribution in [0.2, 0.25) is 0 Å². The Labute approximate surface area is 109 Å². The van der Waals surface area contributed by atoms with Crippen LogP contribution in [0.15, 0.2) is 24.3 Å². The van der Waals surface area contributed by atoms with Gasteiger partial charge in [0.05, 0.1) is 17.7 Å². The van der Waals surface area contributed by atoms with Crippen molar-refractivity contribution in [2.45, 2.75) is 39.8 Å².